The van der Waals surface area contributed by atoms with Crippen molar-refractivity contribution in [2.24, 2.45) is 0 Å². The van der Waals surface area contributed by atoms with E-state index in [9.17, 15) is 0 Å². The van der Waals surface area contributed by atoms with Crippen LogP contribution >= 0.6 is 0 Å². The molecule has 0 heteroatoms. The smallest absolute Gasteiger partial charge is 0.0249 e. The highest BCUT2D eigenvalue weighted by molar-refractivity contribution is 5.46. The molecule has 0 saturated carbocycles. The molecule has 23 heavy (non-hydrogen) atoms. The van der Waals surface area contributed by atoms with Crippen molar-refractivity contribution in [3.8, 4) is 23.7 Å². The van der Waals surface area contributed by atoms with Gasteiger partial charge in [0.2, 0.25) is 0 Å². The van der Waals surface area contributed by atoms with Gasteiger partial charge in [-0.05, 0) is 54.8 Å². The molecule has 0 heterocycles. The second-order valence-electron chi connectivity index (χ2n) is 5.68. The van der Waals surface area contributed by atoms with E-state index in [1.165, 1.54) is 24.8 Å². The summed E-state index contributed by atoms with van der Waals surface area (Å²) in [6.45, 7) is 4.39. The third kappa shape index (κ3) is 6.06. The van der Waals surface area contributed by atoms with Crippen LogP contribution in [0.1, 0.15) is 61.8 Å². The summed E-state index contributed by atoms with van der Waals surface area (Å²) in [6, 6.07) is 16.7. The molecule has 2 aromatic rings. The third-order valence-electron chi connectivity index (χ3n) is 3.62. The number of rotatable bonds is 4. The van der Waals surface area contributed by atoms with E-state index < -0.39 is 0 Å². The fourth-order valence-corrected chi connectivity index (χ4v) is 2.25. The Balaban J connectivity index is 1.99. The van der Waals surface area contributed by atoms with Crippen molar-refractivity contribution in [1.82, 2.24) is 0 Å². The normalized spacial score (nSPS) is 9.48. The molecular formula is C23H24. The van der Waals surface area contributed by atoms with Crippen molar-refractivity contribution in [3.63, 3.8) is 0 Å². The van der Waals surface area contributed by atoms with E-state index in [4.69, 9.17) is 0 Å². The molecular weight excluding hydrogens is 276 g/mol. The van der Waals surface area contributed by atoms with Gasteiger partial charge in [-0.25, -0.2) is 0 Å². The molecule has 0 aliphatic carbocycles. The van der Waals surface area contributed by atoms with Crippen molar-refractivity contribution in [1.29, 1.82) is 0 Å². The summed E-state index contributed by atoms with van der Waals surface area (Å²) in [5, 5.41) is 0. The maximum absolute atomic E-state index is 3.22. The van der Waals surface area contributed by atoms with Crippen LogP contribution in [0.2, 0.25) is 0 Å². The predicted octanol–water partition coefficient (Wildman–Crippen LogP) is 5.58. The van der Waals surface area contributed by atoms with E-state index in [2.05, 4.69) is 61.8 Å². The lowest BCUT2D eigenvalue weighted by Crippen LogP contribution is -1.83. The van der Waals surface area contributed by atoms with Crippen LogP contribution in [0.3, 0.4) is 0 Å². The molecule has 0 nitrogen and oxygen atoms in total. The summed E-state index contributed by atoms with van der Waals surface area (Å²) in [5.74, 6) is 12.9. The Morgan fingerprint density at radius 2 is 1.17 bits per heavy atom. The number of hydrogen-bond acceptors (Lipinski definition) is 0. The van der Waals surface area contributed by atoms with Gasteiger partial charge in [-0.2, -0.15) is 0 Å². The second kappa shape index (κ2) is 9.55. The third-order valence-corrected chi connectivity index (χ3v) is 3.62. The number of benzene rings is 2. The van der Waals surface area contributed by atoms with Crippen molar-refractivity contribution >= 4 is 0 Å². The van der Waals surface area contributed by atoms with Gasteiger partial charge in [0.1, 0.15) is 0 Å². The fourth-order valence-electron chi connectivity index (χ4n) is 2.25. The minimum absolute atomic E-state index is 0.978. The summed E-state index contributed by atoms with van der Waals surface area (Å²) in [7, 11) is 0. The van der Waals surface area contributed by atoms with E-state index in [0.29, 0.717) is 0 Å². The molecule has 0 N–H and O–H groups in total. The summed E-state index contributed by atoms with van der Waals surface area (Å²) in [6.07, 6.45) is 5.66. The summed E-state index contributed by atoms with van der Waals surface area (Å²) >= 11 is 0. The molecule has 0 aromatic heterocycles. The number of hydrogen-bond donors (Lipinski definition) is 0. The molecule has 0 spiro atoms. The number of unbranched alkanes of at least 4 members (excludes halogenated alkanes) is 2. The predicted molar refractivity (Wildman–Crippen MR) is 99.3 cm³/mol. The van der Waals surface area contributed by atoms with Crippen molar-refractivity contribution in [2.75, 3.05) is 0 Å². The summed E-state index contributed by atoms with van der Waals surface area (Å²) in [4.78, 5) is 0. The van der Waals surface area contributed by atoms with Gasteiger partial charge in [-0.15, -0.1) is 0 Å². The lowest BCUT2D eigenvalue weighted by Gasteiger charge is -1.97. The van der Waals surface area contributed by atoms with E-state index in [0.717, 1.165) is 29.5 Å². The van der Waals surface area contributed by atoms with Crippen LogP contribution < -0.4 is 0 Å². The molecule has 0 fully saturated rings. The van der Waals surface area contributed by atoms with Crippen LogP contribution in [0.25, 0.3) is 0 Å². The van der Waals surface area contributed by atoms with Crippen molar-refractivity contribution < 1.29 is 0 Å². The Morgan fingerprint density at radius 3 is 1.70 bits per heavy atom. The van der Waals surface area contributed by atoms with E-state index >= 15 is 0 Å². The number of aryl methyl sites for hydroxylation is 1. The van der Waals surface area contributed by atoms with Crippen molar-refractivity contribution in [3.05, 3.63) is 70.8 Å². The largest absolute Gasteiger partial charge is 0.0979 e. The van der Waals surface area contributed by atoms with Gasteiger partial charge in [-0.1, -0.05) is 62.5 Å². The Hall–Kier alpha value is -2.44. The lowest BCUT2D eigenvalue weighted by molar-refractivity contribution is 0.828. The molecule has 0 atom stereocenters. The molecule has 0 aliphatic heterocycles. The highest BCUT2D eigenvalue weighted by Crippen LogP contribution is 2.07. The molecule has 116 valence electrons. The van der Waals surface area contributed by atoms with Gasteiger partial charge in [0.25, 0.3) is 0 Å². The zero-order chi connectivity index (χ0) is 16.3. The standard InChI is InChI=1S/C23H24/c1-3-5-6-7-9-21-12-16-23(17-13-21)19-18-22-14-10-20(8-4-2)11-15-22/h10-17H,3-6,8H2,1-2H3. The molecule has 0 bridgehead atoms. The molecule has 0 unspecified atom stereocenters. The molecule has 0 amide bonds. The average molecular weight is 300 g/mol. The SMILES string of the molecule is CCCCC#Cc1ccc(C#Cc2ccc(CCC)cc2)cc1. The zero-order valence-electron chi connectivity index (χ0n) is 14.2. The Kier molecular flexibility index (Phi) is 7.03. The molecule has 0 radical (unpaired) electrons. The van der Waals surface area contributed by atoms with Crippen molar-refractivity contribution in [2.45, 2.75) is 46.0 Å². The fraction of sp³-hybridized carbons (Fsp3) is 0.304. The monoisotopic (exact) mass is 300 g/mol. The zero-order valence-corrected chi connectivity index (χ0v) is 14.2. The van der Waals surface area contributed by atoms with Crippen LogP contribution in [0.15, 0.2) is 48.5 Å². The highest BCUT2D eigenvalue weighted by Gasteiger charge is 1.92. The molecule has 0 aliphatic rings. The Labute approximate surface area is 141 Å². The van der Waals surface area contributed by atoms with Gasteiger partial charge in [0.15, 0.2) is 0 Å². The molecule has 2 aromatic carbocycles. The topological polar surface area (TPSA) is 0 Å². The first kappa shape index (κ1) is 16.9. The Morgan fingerprint density at radius 1 is 0.652 bits per heavy atom. The van der Waals surface area contributed by atoms with E-state index in [1.807, 2.05) is 24.3 Å². The van der Waals surface area contributed by atoms with E-state index in [1.54, 1.807) is 0 Å². The van der Waals surface area contributed by atoms with Gasteiger partial charge >= 0.3 is 0 Å². The average Bonchev–Trinajstić information content (AvgIpc) is 2.59. The first-order valence-electron chi connectivity index (χ1n) is 8.51. The van der Waals surface area contributed by atoms with Gasteiger partial charge in [0.05, 0.1) is 0 Å². The summed E-state index contributed by atoms with van der Waals surface area (Å²) in [5.41, 5.74) is 4.54. The maximum Gasteiger partial charge on any atom is 0.0249 e. The lowest BCUT2D eigenvalue weighted by atomic mass is 10.1. The maximum atomic E-state index is 3.22. The van der Waals surface area contributed by atoms with Crippen LogP contribution in [0.5, 0.6) is 0 Å². The second-order valence-corrected chi connectivity index (χ2v) is 5.68. The minimum Gasteiger partial charge on any atom is -0.0979 e. The van der Waals surface area contributed by atoms with Gasteiger partial charge < -0.3 is 0 Å². The van der Waals surface area contributed by atoms with E-state index in [-0.39, 0.29) is 0 Å². The van der Waals surface area contributed by atoms with Crippen LogP contribution in [0, 0.1) is 23.7 Å². The Bertz CT molecular complexity index is 710. The molecule has 0 saturated heterocycles. The minimum atomic E-state index is 0.978. The first-order chi connectivity index (χ1) is 11.3. The quantitative estimate of drug-likeness (QED) is 0.510. The van der Waals surface area contributed by atoms with Crippen LogP contribution in [-0.2, 0) is 6.42 Å². The van der Waals surface area contributed by atoms with Gasteiger partial charge in [0, 0.05) is 23.1 Å². The van der Waals surface area contributed by atoms with Gasteiger partial charge in [-0.3, -0.25) is 0 Å². The first-order valence-corrected chi connectivity index (χ1v) is 8.51. The van der Waals surface area contributed by atoms with Crippen LogP contribution in [-0.4, -0.2) is 0 Å². The highest BCUT2D eigenvalue weighted by atomic mass is 14.0. The molecule has 2 rings (SSSR count). The summed E-state index contributed by atoms with van der Waals surface area (Å²) < 4.78 is 0. The van der Waals surface area contributed by atoms with Crippen LogP contribution in [0.4, 0.5) is 0 Å².